The number of hydrogen-bond acceptors (Lipinski definition) is 8. The predicted molar refractivity (Wildman–Crippen MR) is 123 cm³/mol. The number of Topliss-reactive ketones (excluding diaryl/α,β-unsaturated/α-hetero) is 2. The van der Waals surface area contributed by atoms with E-state index in [-0.39, 0.29) is 38.1 Å². The fourth-order valence-corrected chi connectivity index (χ4v) is 3.31. The van der Waals surface area contributed by atoms with E-state index in [1.165, 1.54) is 0 Å². The van der Waals surface area contributed by atoms with Gasteiger partial charge in [0, 0.05) is 31.6 Å². The summed E-state index contributed by atoms with van der Waals surface area (Å²) in [6.07, 6.45) is -1.43. The van der Waals surface area contributed by atoms with Crippen molar-refractivity contribution in [3.8, 4) is 0 Å². The number of primary amides is 1. The summed E-state index contributed by atoms with van der Waals surface area (Å²) in [5.74, 6) is -7.74. The molecule has 0 unspecified atom stereocenters. The Morgan fingerprint density at radius 1 is 0.886 bits per heavy atom. The highest BCUT2D eigenvalue weighted by molar-refractivity contribution is 5.94. The zero-order valence-electron chi connectivity index (χ0n) is 20.1. The molecule has 198 valence electrons. The molecule has 0 saturated carbocycles. The third kappa shape index (κ3) is 14.5. The van der Waals surface area contributed by atoms with Crippen LogP contribution in [0.1, 0.15) is 58.8 Å². The van der Waals surface area contributed by atoms with Crippen LogP contribution in [0.4, 0.5) is 0 Å². The number of nitrogens with one attached hydrogen (secondary N) is 2. The van der Waals surface area contributed by atoms with E-state index in [4.69, 9.17) is 21.7 Å². The molecule has 13 nitrogen and oxygen atoms in total. The zero-order chi connectivity index (χ0) is 27.1. The molecule has 0 heterocycles. The highest BCUT2D eigenvalue weighted by Crippen LogP contribution is 2.17. The molecule has 0 aliphatic carbocycles. The van der Waals surface area contributed by atoms with Crippen LogP contribution in [-0.2, 0) is 33.6 Å². The van der Waals surface area contributed by atoms with Crippen molar-refractivity contribution in [1.82, 2.24) is 10.6 Å². The standard InChI is InChI=1S/C22H36N4O9/c1-12(2)7-16(26-19(30)10-23)17(28)9-13(3-5-18(24)29)21(33)25-11-15(27)8-14(22(34)35)4-6-20(31)32/h12-14,16H,3-11,23H2,1-2H3,(H2,24,29)(H,25,33)(H,26,30)(H,31,32)(H,34,35)/t13-,14-,16+/m1/s1. The highest BCUT2D eigenvalue weighted by Gasteiger charge is 2.29. The smallest absolute Gasteiger partial charge is 0.306 e. The molecule has 3 amide bonds. The van der Waals surface area contributed by atoms with Crippen molar-refractivity contribution >= 4 is 41.2 Å². The first kappa shape index (κ1) is 31.6. The normalized spacial score (nSPS) is 13.4. The van der Waals surface area contributed by atoms with Crippen molar-refractivity contribution in [3.63, 3.8) is 0 Å². The molecular weight excluding hydrogens is 464 g/mol. The van der Waals surface area contributed by atoms with Crippen molar-refractivity contribution in [2.45, 2.75) is 64.8 Å². The molecule has 8 N–H and O–H groups in total. The number of nitrogens with two attached hydrogens (primary N) is 2. The summed E-state index contributed by atoms with van der Waals surface area (Å²) in [6, 6.07) is -0.887. The number of rotatable bonds is 19. The summed E-state index contributed by atoms with van der Waals surface area (Å²) in [5.41, 5.74) is 10.5. The van der Waals surface area contributed by atoms with Crippen LogP contribution in [0, 0.1) is 17.8 Å². The molecule has 0 aliphatic heterocycles. The number of ketones is 2. The first-order valence-corrected chi connectivity index (χ1v) is 11.3. The number of carbonyl (C=O) groups is 7. The average Bonchev–Trinajstić information content (AvgIpc) is 2.76. The minimum absolute atomic E-state index is 0.0425. The molecule has 0 fully saturated rings. The van der Waals surface area contributed by atoms with Gasteiger partial charge in [0.25, 0.3) is 0 Å². The van der Waals surface area contributed by atoms with Gasteiger partial charge in [-0.3, -0.25) is 33.6 Å². The third-order valence-electron chi connectivity index (χ3n) is 5.16. The summed E-state index contributed by atoms with van der Waals surface area (Å²) < 4.78 is 0. The number of carbonyl (C=O) groups excluding carboxylic acids is 5. The number of aliphatic carboxylic acids is 2. The molecule has 0 saturated heterocycles. The lowest BCUT2D eigenvalue weighted by atomic mass is 9.90. The van der Waals surface area contributed by atoms with Gasteiger partial charge < -0.3 is 32.3 Å². The minimum Gasteiger partial charge on any atom is -0.481 e. The number of amides is 3. The maximum Gasteiger partial charge on any atom is 0.306 e. The molecule has 0 spiro atoms. The van der Waals surface area contributed by atoms with E-state index in [1.807, 2.05) is 13.8 Å². The van der Waals surface area contributed by atoms with Crippen LogP contribution in [0.15, 0.2) is 0 Å². The van der Waals surface area contributed by atoms with E-state index < -0.39 is 78.5 Å². The molecule has 0 bridgehead atoms. The minimum atomic E-state index is -1.33. The van der Waals surface area contributed by atoms with Crippen molar-refractivity contribution in [2.75, 3.05) is 13.1 Å². The van der Waals surface area contributed by atoms with E-state index in [0.29, 0.717) is 6.42 Å². The Hall–Kier alpha value is -3.35. The summed E-state index contributed by atoms with van der Waals surface area (Å²) >= 11 is 0. The lowest BCUT2D eigenvalue weighted by molar-refractivity contribution is -0.145. The van der Waals surface area contributed by atoms with E-state index in [2.05, 4.69) is 10.6 Å². The Balaban J connectivity index is 5.22. The van der Waals surface area contributed by atoms with E-state index >= 15 is 0 Å². The van der Waals surface area contributed by atoms with Gasteiger partial charge in [0.2, 0.25) is 17.7 Å². The Labute approximate surface area is 203 Å². The van der Waals surface area contributed by atoms with Gasteiger partial charge >= 0.3 is 11.9 Å². The SMILES string of the molecule is CC(C)C[C@H](NC(=O)CN)C(=O)C[C@@H](CCC(N)=O)C(=O)NCC(=O)C[C@@H](CCC(=O)O)C(=O)O. The van der Waals surface area contributed by atoms with Crippen LogP contribution in [0.2, 0.25) is 0 Å². The molecule has 35 heavy (non-hydrogen) atoms. The summed E-state index contributed by atoms with van der Waals surface area (Å²) in [5, 5.41) is 22.7. The lowest BCUT2D eigenvalue weighted by Crippen LogP contribution is -2.46. The largest absolute Gasteiger partial charge is 0.481 e. The third-order valence-corrected chi connectivity index (χ3v) is 5.16. The summed E-state index contributed by atoms with van der Waals surface area (Å²) in [6.45, 7) is 2.84. The molecule has 3 atom stereocenters. The quantitative estimate of drug-likeness (QED) is 0.126. The summed E-state index contributed by atoms with van der Waals surface area (Å²) in [7, 11) is 0. The molecule has 13 heteroatoms. The van der Waals surface area contributed by atoms with Crippen molar-refractivity contribution < 1.29 is 43.8 Å². The van der Waals surface area contributed by atoms with Gasteiger partial charge in [0.05, 0.1) is 25.0 Å². The van der Waals surface area contributed by atoms with Crippen LogP contribution in [-0.4, -0.2) is 70.6 Å². The van der Waals surface area contributed by atoms with Crippen LogP contribution in [0.3, 0.4) is 0 Å². The highest BCUT2D eigenvalue weighted by atomic mass is 16.4. The molecule has 0 rings (SSSR count). The van der Waals surface area contributed by atoms with Gasteiger partial charge in [-0.1, -0.05) is 13.8 Å². The molecule has 0 aromatic heterocycles. The van der Waals surface area contributed by atoms with Crippen molar-refractivity contribution in [2.24, 2.45) is 29.2 Å². The van der Waals surface area contributed by atoms with Crippen molar-refractivity contribution in [3.05, 3.63) is 0 Å². The monoisotopic (exact) mass is 500 g/mol. The van der Waals surface area contributed by atoms with Gasteiger partial charge in [0.15, 0.2) is 11.6 Å². The van der Waals surface area contributed by atoms with E-state index in [9.17, 15) is 33.6 Å². The first-order chi connectivity index (χ1) is 16.3. The Morgan fingerprint density at radius 3 is 1.97 bits per heavy atom. The maximum absolute atomic E-state index is 12.8. The summed E-state index contributed by atoms with van der Waals surface area (Å²) in [4.78, 5) is 82.5. The second-order valence-electron chi connectivity index (χ2n) is 8.75. The second kappa shape index (κ2) is 16.3. The first-order valence-electron chi connectivity index (χ1n) is 11.3. The van der Waals surface area contributed by atoms with Crippen LogP contribution in [0.25, 0.3) is 0 Å². The van der Waals surface area contributed by atoms with Gasteiger partial charge in [-0.15, -0.1) is 0 Å². The van der Waals surface area contributed by atoms with Crippen LogP contribution < -0.4 is 22.1 Å². The van der Waals surface area contributed by atoms with Gasteiger partial charge in [-0.05, 0) is 25.2 Å². The molecular formula is C22H36N4O9. The average molecular weight is 501 g/mol. The topological polar surface area (TPSA) is 236 Å². The fraction of sp³-hybridized carbons (Fsp3) is 0.682. The van der Waals surface area contributed by atoms with Crippen LogP contribution in [0.5, 0.6) is 0 Å². The van der Waals surface area contributed by atoms with E-state index in [1.54, 1.807) is 0 Å². The van der Waals surface area contributed by atoms with Crippen molar-refractivity contribution in [1.29, 1.82) is 0 Å². The Morgan fingerprint density at radius 2 is 1.49 bits per heavy atom. The van der Waals surface area contributed by atoms with Gasteiger partial charge in [-0.25, -0.2) is 0 Å². The number of carboxylic acids is 2. The number of carboxylic acid groups (broad SMARTS) is 2. The van der Waals surface area contributed by atoms with Gasteiger partial charge in [-0.2, -0.15) is 0 Å². The van der Waals surface area contributed by atoms with Crippen LogP contribution >= 0.6 is 0 Å². The molecule has 0 aliphatic rings. The lowest BCUT2D eigenvalue weighted by Gasteiger charge is -2.22. The Bertz CT molecular complexity index is 798. The molecule has 0 radical (unpaired) electrons. The van der Waals surface area contributed by atoms with E-state index in [0.717, 1.165) is 0 Å². The zero-order valence-corrected chi connectivity index (χ0v) is 20.1. The van der Waals surface area contributed by atoms with Gasteiger partial charge in [0.1, 0.15) is 0 Å². The Kier molecular flexibility index (Phi) is 14.7. The molecule has 0 aromatic carbocycles. The second-order valence-corrected chi connectivity index (χ2v) is 8.75. The number of hydrogen-bond donors (Lipinski definition) is 6. The predicted octanol–water partition coefficient (Wildman–Crippen LogP) is -1.04. The fourth-order valence-electron chi connectivity index (χ4n) is 3.31. The molecule has 0 aromatic rings. The maximum atomic E-state index is 12.8.